The van der Waals surface area contributed by atoms with Crippen LogP contribution in [0.25, 0.3) is 0 Å². The van der Waals surface area contributed by atoms with Gasteiger partial charge < -0.3 is 14.7 Å². The molecule has 5 heteroatoms. The van der Waals surface area contributed by atoms with Gasteiger partial charge in [0, 0.05) is 13.2 Å². The van der Waals surface area contributed by atoms with E-state index in [1.807, 2.05) is 0 Å². The SMILES string of the molecule is CC1(C(=O)N(CC(=O)O)CC2CC2)CCCO1. The molecule has 0 aromatic carbocycles. The van der Waals surface area contributed by atoms with Gasteiger partial charge in [-0.2, -0.15) is 0 Å². The second-order valence-corrected chi connectivity index (χ2v) is 5.21. The zero-order valence-corrected chi connectivity index (χ0v) is 10.1. The topological polar surface area (TPSA) is 66.8 Å². The predicted molar refractivity (Wildman–Crippen MR) is 60.5 cm³/mol. The highest BCUT2D eigenvalue weighted by molar-refractivity contribution is 5.88. The maximum absolute atomic E-state index is 12.3. The standard InChI is InChI=1S/C12H19NO4/c1-12(5-2-6-17-12)11(16)13(8-10(14)15)7-9-3-4-9/h9H,2-8H2,1H3,(H,14,15). The molecule has 1 saturated heterocycles. The molecule has 0 aromatic rings. The van der Waals surface area contributed by atoms with Crippen LogP contribution in [0.4, 0.5) is 0 Å². The molecule has 1 aliphatic carbocycles. The highest BCUT2D eigenvalue weighted by atomic mass is 16.5. The van der Waals surface area contributed by atoms with Crippen LogP contribution in [0.15, 0.2) is 0 Å². The monoisotopic (exact) mass is 241 g/mol. The van der Waals surface area contributed by atoms with Gasteiger partial charge in [-0.25, -0.2) is 0 Å². The Balaban J connectivity index is 2.02. The normalized spacial score (nSPS) is 28.1. The fraction of sp³-hybridized carbons (Fsp3) is 0.833. The zero-order valence-electron chi connectivity index (χ0n) is 10.1. The minimum Gasteiger partial charge on any atom is -0.480 e. The zero-order chi connectivity index (χ0) is 12.5. The van der Waals surface area contributed by atoms with Gasteiger partial charge in [0.15, 0.2) is 0 Å². The smallest absolute Gasteiger partial charge is 0.323 e. The number of hydrogen-bond donors (Lipinski definition) is 1. The summed E-state index contributed by atoms with van der Waals surface area (Å²) in [5, 5.41) is 8.86. The van der Waals surface area contributed by atoms with Gasteiger partial charge in [0.05, 0.1) is 0 Å². The van der Waals surface area contributed by atoms with Crippen LogP contribution >= 0.6 is 0 Å². The van der Waals surface area contributed by atoms with Crippen LogP contribution in [0, 0.1) is 5.92 Å². The molecule has 5 nitrogen and oxygen atoms in total. The van der Waals surface area contributed by atoms with E-state index in [4.69, 9.17) is 9.84 Å². The van der Waals surface area contributed by atoms with Crippen LogP contribution in [-0.4, -0.2) is 47.2 Å². The lowest BCUT2D eigenvalue weighted by molar-refractivity contribution is -0.156. The predicted octanol–water partition coefficient (Wildman–Crippen LogP) is 0.879. The number of nitrogens with zero attached hydrogens (tertiary/aromatic N) is 1. The third kappa shape index (κ3) is 2.97. The second kappa shape index (κ2) is 4.64. The second-order valence-electron chi connectivity index (χ2n) is 5.21. The fourth-order valence-electron chi connectivity index (χ4n) is 2.28. The molecule has 96 valence electrons. The van der Waals surface area contributed by atoms with Crippen molar-refractivity contribution >= 4 is 11.9 Å². The lowest BCUT2D eigenvalue weighted by Gasteiger charge is -2.30. The van der Waals surface area contributed by atoms with E-state index in [2.05, 4.69) is 0 Å². The van der Waals surface area contributed by atoms with Crippen molar-refractivity contribution in [2.75, 3.05) is 19.7 Å². The van der Waals surface area contributed by atoms with Crippen LogP contribution in [-0.2, 0) is 14.3 Å². The summed E-state index contributed by atoms with van der Waals surface area (Å²) in [4.78, 5) is 24.6. The van der Waals surface area contributed by atoms with Gasteiger partial charge in [-0.1, -0.05) is 0 Å². The summed E-state index contributed by atoms with van der Waals surface area (Å²) in [5.74, 6) is -0.631. The summed E-state index contributed by atoms with van der Waals surface area (Å²) >= 11 is 0. The first-order valence-electron chi connectivity index (χ1n) is 6.16. The van der Waals surface area contributed by atoms with Gasteiger partial charge in [0.2, 0.25) is 0 Å². The van der Waals surface area contributed by atoms with E-state index >= 15 is 0 Å². The fourth-order valence-corrected chi connectivity index (χ4v) is 2.28. The third-order valence-corrected chi connectivity index (χ3v) is 3.46. The number of amides is 1. The van der Waals surface area contributed by atoms with Gasteiger partial charge in [-0.05, 0) is 38.5 Å². The molecular formula is C12H19NO4. The van der Waals surface area contributed by atoms with Crippen LogP contribution in [0.2, 0.25) is 0 Å². The Labute approximate surface area is 101 Å². The van der Waals surface area contributed by atoms with Crippen LogP contribution in [0.1, 0.15) is 32.6 Å². The number of carbonyl (C=O) groups is 2. The van der Waals surface area contributed by atoms with Crippen molar-refractivity contribution in [2.45, 2.75) is 38.2 Å². The third-order valence-electron chi connectivity index (χ3n) is 3.46. The molecule has 0 radical (unpaired) electrons. The minimum atomic E-state index is -0.958. The van der Waals surface area contributed by atoms with Gasteiger partial charge in [0.1, 0.15) is 12.1 Å². The summed E-state index contributed by atoms with van der Waals surface area (Å²) in [6.45, 7) is 2.70. The van der Waals surface area contributed by atoms with Gasteiger partial charge in [0.25, 0.3) is 5.91 Å². The Bertz CT molecular complexity index is 318. The molecule has 1 atom stereocenters. The molecular weight excluding hydrogens is 222 g/mol. The Hall–Kier alpha value is -1.10. The van der Waals surface area contributed by atoms with Crippen LogP contribution in [0.3, 0.4) is 0 Å². The first kappa shape index (κ1) is 12.4. The summed E-state index contributed by atoms with van der Waals surface area (Å²) in [7, 11) is 0. The number of aliphatic carboxylic acids is 1. The summed E-state index contributed by atoms with van der Waals surface area (Å²) in [6, 6.07) is 0. The number of rotatable bonds is 5. The lowest BCUT2D eigenvalue weighted by Crippen LogP contribution is -2.49. The largest absolute Gasteiger partial charge is 0.480 e. The van der Waals surface area contributed by atoms with E-state index in [1.165, 1.54) is 4.90 Å². The number of carboxylic acids is 1. The Kier molecular flexibility index (Phi) is 3.38. The number of ether oxygens (including phenoxy) is 1. The van der Waals surface area contributed by atoms with Crippen molar-refractivity contribution < 1.29 is 19.4 Å². The average molecular weight is 241 g/mol. The minimum absolute atomic E-state index is 0.163. The average Bonchev–Trinajstić information content (AvgIpc) is 2.96. The summed E-state index contributed by atoms with van der Waals surface area (Å²) < 4.78 is 5.48. The molecule has 2 aliphatic rings. The Morgan fingerprint density at radius 2 is 2.18 bits per heavy atom. The maximum atomic E-state index is 12.3. The van der Waals surface area contributed by atoms with Crippen LogP contribution < -0.4 is 0 Å². The quantitative estimate of drug-likeness (QED) is 0.776. The Morgan fingerprint density at radius 1 is 1.47 bits per heavy atom. The van der Waals surface area contributed by atoms with Gasteiger partial charge >= 0.3 is 5.97 Å². The molecule has 1 unspecified atom stereocenters. The van der Waals surface area contributed by atoms with Crippen molar-refractivity contribution in [2.24, 2.45) is 5.92 Å². The molecule has 2 rings (SSSR count). The molecule has 1 heterocycles. The van der Waals surface area contributed by atoms with Crippen molar-refractivity contribution in [3.05, 3.63) is 0 Å². The first-order valence-corrected chi connectivity index (χ1v) is 6.16. The van der Waals surface area contributed by atoms with E-state index in [-0.39, 0.29) is 12.5 Å². The van der Waals surface area contributed by atoms with E-state index < -0.39 is 11.6 Å². The van der Waals surface area contributed by atoms with Gasteiger partial charge in [-0.3, -0.25) is 9.59 Å². The molecule has 1 N–H and O–H groups in total. The molecule has 1 amide bonds. The van der Waals surface area contributed by atoms with Crippen LogP contribution in [0.5, 0.6) is 0 Å². The maximum Gasteiger partial charge on any atom is 0.323 e. The number of carboxylic acid groups (broad SMARTS) is 1. The molecule has 0 aromatic heterocycles. The number of hydrogen-bond acceptors (Lipinski definition) is 3. The molecule has 0 spiro atoms. The molecule has 17 heavy (non-hydrogen) atoms. The molecule has 2 fully saturated rings. The van der Waals surface area contributed by atoms with Crippen molar-refractivity contribution in [1.82, 2.24) is 4.90 Å². The summed E-state index contributed by atoms with van der Waals surface area (Å²) in [6.07, 6.45) is 3.75. The van der Waals surface area contributed by atoms with E-state index in [9.17, 15) is 9.59 Å². The number of carbonyl (C=O) groups excluding carboxylic acids is 1. The summed E-state index contributed by atoms with van der Waals surface area (Å²) in [5.41, 5.74) is -0.801. The van der Waals surface area contributed by atoms with Crippen molar-refractivity contribution in [1.29, 1.82) is 0 Å². The highest BCUT2D eigenvalue weighted by Gasteiger charge is 2.42. The molecule has 1 aliphatic heterocycles. The molecule has 0 bridgehead atoms. The lowest BCUT2D eigenvalue weighted by atomic mass is 10.0. The van der Waals surface area contributed by atoms with Crippen molar-refractivity contribution in [3.8, 4) is 0 Å². The van der Waals surface area contributed by atoms with E-state index in [1.54, 1.807) is 6.92 Å². The van der Waals surface area contributed by atoms with E-state index in [0.717, 1.165) is 19.3 Å². The first-order chi connectivity index (χ1) is 8.01. The molecule has 1 saturated carbocycles. The Morgan fingerprint density at radius 3 is 2.65 bits per heavy atom. The highest BCUT2D eigenvalue weighted by Crippen LogP contribution is 2.32. The van der Waals surface area contributed by atoms with Crippen molar-refractivity contribution in [3.63, 3.8) is 0 Å². The van der Waals surface area contributed by atoms with E-state index in [0.29, 0.717) is 25.5 Å². The van der Waals surface area contributed by atoms with Gasteiger partial charge in [-0.15, -0.1) is 0 Å².